The summed E-state index contributed by atoms with van der Waals surface area (Å²) in [5.41, 5.74) is 4.60. The number of aryl methyl sites for hydroxylation is 1. The number of benzene rings is 1. The van der Waals surface area contributed by atoms with E-state index in [-0.39, 0.29) is 17.6 Å². The van der Waals surface area contributed by atoms with E-state index in [1.165, 1.54) is 6.07 Å². The topological polar surface area (TPSA) is 66.6 Å². The van der Waals surface area contributed by atoms with Gasteiger partial charge in [0.05, 0.1) is 17.9 Å². The monoisotopic (exact) mass is 341 g/mol. The largest absolute Gasteiger partial charge is 0.508 e. The zero-order chi connectivity index (χ0) is 16.8. The third kappa shape index (κ3) is 2.41. The van der Waals surface area contributed by atoms with E-state index in [1.807, 2.05) is 29.7 Å². The summed E-state index contributed by atoms with van der Waals surface area (Å²) in [6, 6.07) is 8.87. The number of aromatic hydroxyl groups is 1. The summed E-state index contributed by atoms with van der Waals surface area (Å²) in [6.45, 7) is 2.43. The van der Waals surface area contributed by atoms with Crippen molar-refractivity contribution in [1.82, 2.24) is 14.7 Å². The first kappa shape index (κ1) is 15.0. The number of rotatable bonds is 1. The number of aromatic nitrogens is 2. The fraction of sp³-hybridized carbons (Fsp3) is 0.222. The molecule has 1 aliphatic heterocycles. The Kier molecular flexibility index (Phi) is 3.46. The van der Waals surface area contributed by atoms with Crippen LogP contribution in [-0.2, 0) is 11.3 Å². The van der Waals surface area contributed by atoms with Crippen molar-refractivity contribution < 1.29 is 9.90 Å². The molecule has 2 aromatic heterocycles. The van der Waals surface area contributed by atoms with Crippen molar-refractivity contribution >= 4 is 23.2 Å². The highest BCUT2D eigenvalue weighted by Crippen LogP contribution is 2.37. The number of carbonyl (C=O) groups excluding carboxylic acids is 1. The predicted molar refractivity (Wildman–Crippen MR) is 91.4 cm³/mol. The van der Waals surface area contributed by atoms with Crippen LogP contribution in [0.2, 0.25) is 5.02 Å². The van der Waals surface area contributed by atoms with Crippen molar-refractivity contribution in [3.05, 3.63) is 64.1 Å². The third-order valence-electron chi connectivity index (χ3n) is 4.41. The quantitative estimate of drug-likeness (QED) is 0.714. The van der Waals surface area contributed by atoms with Gasteiger partial charge in [0, 0.05) is 23.6 Å². The van der Waals surface area contributed by atoms with Gasteiger partial charge in [-0.25, -0.2) is 4.98 Å². The van der Waals surface area contributed by atoms with E-state index in [4.69, 9.17) is 11.6 Å². The summed E-state index contributed by atoms with van der Waals surface area (Å²) in [5.74, 6) is -0.146. The maximum absolute atomic E-state index is 12.2. The molecule has 0 radical (unpaired) electrons. The summed E-state index contributed by atoms with van der Waals surface area (Å²) >= 11 is 6.36. The fourth-order valence-corrected chi connectivity index (χ4v) is 3.62. The summed E-state index contributed by atoms with van der Waals surface area (Å²) in [4.78, 5) is 16.8. The molecule has 122 valence electrons. The van der Waals surface area contributed by atoms with Crippen molar-refractivity contribution in [2.45, 2.75) is 25.8 Å². The number of nitrogens with one attached hydrogen (secondary N) is 1. The Morgan fingerprint density at radius 2 is 2.17 bits per heavy atom. The molecule has 1 aliphatic rings. The smallest absolute Gasteiger partial charge is 0.221 e. The van der Waals surface area contributed by atoms with E-state index in [0.717, 1.165) is 28.2 Å². The maximum Gasteiger partial charge on any atom is 0.221 e. The van der Waals surface area contributed by atoms with Crippen LogP contribution in [0.1, 0.15) is 34.9 Å². The summed E-state index contributed by atoms with van der Waals surface area (Å²) in [7, 11) is 0. The number of hydrogen-bond donors (Lipinski definition) is 2. The Balaban J connectivity index is 1.98. The van der Waals surface area contributed by atoms with E-state index in [1.54, 1.807) is 12.1 Å². The van der Waals surface area contributed by atoms with Crippen molar-refractivity contribution in [2.24, 2.45) is 0 Å². The van der Waals surface area contributed by atoms with Gasteiger partial charge in [0.1, 0.15) is 11.4 Å². The van der Waals surface area contributed by atoms with E-state index < -0.39 is 0 Å². The molecule has 6 heteroatoms. The molecule has 3 heterocycles. The molecule has 24 heavy (non-hydrogen) atoms. The molecule has 1 amide bonds. The molecule has 0 unspecified atom stereocenters. The van der Waals surface area contributed by atoms with Gasteiger partial charge in [-0.05, 0) is 36.2 Å². The van der Waals surface area contributed by atoms with Crippen LogP contribution < -0.4 is 5.32 Å². The van der Waals surface area contributed by atoms with E-state index >= 15 is 0 Å². The van der Waals surface area contributed by atoms with Crippen molar-refractivity contribution in [1.29, 1.82) is 0 Å². The molecule has 0 spiro atoms. The number of fused-ring (bicyclic) bond motifs is 3. The lowest BCUT2D eigenvalue weighted by Gasteiger charge is -2.17. The number of halogens is 1. The zero-order valence-electron chi connectivity index (χ0n) is 13.1. The molecule has 0 bridgehead atoms. The third-order valence-corrected chi connectivity index (χ3v) is 4.74. The molecule has 3 aromatic rings. The lowest BCUT2D eigenvalue weighted by molar-refractivity contribution is -0.121. The standard InChI is InChI=1S/C18H16ClN3O2/c1-10-2-5-16-21-15-8-20-17(24)7-13(18(15)22(16)9-10)12-4-3-11(23)6-14(12)19/h2-6,9,13,23H,7-8H2,1H3,(H,20,24)/t13-/m0/s1. The minimum Gasteiger partial charge on any atom is -0.508 e. The fourth-order valence-electron chi connectivity index (χ4n) is 3.31. The van der Waals surface area contributed by atoms with Gasteiger partial charge in [-0.3, -0.25) is 4.79 Å². The van der Waals surface area contributed by atoms with Gasteiger partial charge >= 0.3 is 0 Å². The minimum atomic E-state index is -0.215. The second kappa shape index (κ2) is 5.53. The number of amides is 1. The van der Waals surface area contributed by atoms with E-state index in [0.29, 0.717) is 18.0 Å². The first-order valence-corrected chi connectivity index (χ1v) is 8.13. The molecule has 5 nitrogen and oxygen atoms in total. The summed E-state index contributed by atoms with van der Waals surface area (Å²) in [5, 5.41) is 13.0. The minimum absolute atomic E-state index is 0.0384. The number of hydrogen-bond acceptors (Lipinski definition) is 3. The van der Waals surface area contributed by atoms with Crippen LogP contribution >= 0.6 is 11.6 Å². The second-order valence-electron chi connectivity index (χ2n) is 6.12. The maximum atomic E-state index is 12.2. The number of imidazole rings is 1. The van der Waals surface area contributed by atoms with Gasteiger partial charge in [0.2, 0.25) is 5.91 Å². The normalized spacial score (nSPS) is 17.4. The Bertz CT molecular complexity index is 964. The van der Waals surface area contributed by atoms with Gasteiger partial charge < -0.3 is 14.8 Å². The Morgan fingerprint density at radius 1 is 1.33 bits per heavy atom. The van der Waals surface area contributed by atoms with Gasteiger partial charge in [0.25, 0.3) is 0 Å². The average molecular weight is 342 g/mol. The van der Waals surface area contributed by atoms with Crippen LogP contribution in [0.5, 0.6) is 5.75 Å². The molecule has 4 rings (SSSR count). The summed E-state index contributed by atoms with van der Waals surface area (Å²) in [6.07, 6.45) is 2.32. The molecule has 2 N–H and O–H groups in total. The molecule has 0 saturated carbocycles. The lowest BCUT2D eigenvalue weighted by atomic mass is 9.91. The average Bonchev–Trinajstić information content (AvgIpc) is 2.80. The molecule has 1 atom stereocenters. The van der Waals surface area contributed by atoms with E-state index in [9.17, 15) is 9.90 Å². The predicted octanol–water partition coefficient (Wildman–Crippen LogP) is 3.15. The van der Waals surface area contributed by atoms with Crippen LogP contribution in [0.15, 0.2) is 36.5 Å². The van der Waals surface area contributed by atoms with Crippen LogP contribution in [0.25, 0.3) is 5.65 Å². The Labute approximate surface area is 143 Å². The number of phenols is 1. The number of phenolic OH excluding ortho intramolecular Hbond substituents is 1. The SMILES string of the molecule is Cc1ccc2nc3c(n2c1)[C@H](c1ccc(O)cc1Cl)CC(=O)NC3. The highest BCUT2D eigenvalue weighted by Gasteiger charge is 2.30. The summed E-state index contributed by atoms with van der Waals surface area (Å²) < 4.78 is 2.04. The molecular formula is C18H16ClN3O2. The number of carbonyl (C=O) groups is 1. The van der Waals surface area contributed by atoms with Gasteiger partial charge in [-0.15, -0.1) is 0 Å². The highest BCUT2D eigenvalue weighted by atomic mass is 35.5. The van der Waals surface area contributed by atoms with Crippen molar-refractivity contribution in [3.63, 3.8) is 0 Å². The van der Waals surface area contributed by atoms with Crippen LogP contribution in [0.4, 0.5) is 0 Å². The molecular weight excluding hydrogens is 326 g/mol. The highest BCUT2D eigenvalue weighted by molar-refractivity contribution is 6.31. The number of pyridine rings is 1. The van der Waals surface area contributed by atoms with E-state index in [2.05, 4.69) is 10.3 Å². The van der Waals surface area contributed by atoms with Crippen molar-refractivity contribution in [3.8, 4) is 5.75 Å². The Morgan fingerprint density at radius 3 is 2.96 bits per heavy atom. The zero-order valence-corrected chi connectivity index (χ0v) is 13.8. The van der Waals surface area contributed by atoms with Crippen LogP contribution in [0, 0.1) is 6.92 Å². The van der Waals surface area contributed by atoms with Gasteiger partial charge in [-0.1, -0.05) is 23.7 Å². The Hall–Kier alpha value is -2.53. The molecule has 0 fully saturated rings. The first-order valence-electron chi connectivity index (χ1n) is 7.75. The van der Waals surface area contributed by atoms with Gasteiger partial charge in [-0.2, -0.15) is 0 Å². The number of nitrogens with zero attached hydrogens (tertiary/aromatic N) is 2. The lowest BCUT2D eigenvalue weighted by Crippen LogP contribution is -2.21. The first-order chi connectivity index (χ1) is 11.5. The van der Waals surface area contributed by atoms with Crippen molar-refractivity contribution in [2.75, 3.05) is 0 Å². The van der Waals surface area contributed by atoms with Gasteiger partial charge in [0.15, 0.2) is 0 Å². The molecule has 1 aromatic carbocycles. The molecule has 0 saturated heterocycles. The second-order valence-corrected chi connectivity index (χ2v) is 6.52. The van der Waals surface area contributed by atoms with Crippen LogP contribution in [-0.4, -0.2) is 20.4 Å². The molecule has 0 aliphatic carbocycles. The van der Waals surface area contributed by atoms with Crippen LogP contribution in [0.3, 0.4) is 0 Å².